The summed E-state index contributed by atoms with van der Waals surface area (Å²) < 4.78 is 0. The molecule has 142 valence electrons. The average molecular weight is 405 g/mol. The Labute approximate surface area is 169 Å². The van der Waals surface area contributed by atoms with Gasteiger partial charge in [0.25, 0.3) is 11.8 Å². The number of benzene rings is 2. The first kappa shape index (κ1) is 19.7. The van der Waals surface area contributed by atoms with Gasteiger partial charge in [-0.1, -0.05) is 29.3 Å². The maximum absolute atomic E-state index is 12.7. The predicted octanol–water partition coefficient (Wildman–Crippen LogP) is 4.64. The van der Waals surface area contributed by atoms with Crippen molar-refractivity contribution in [1.82, 2.24) is 10.2 Å². The Morgan fingerprint density at radius 2 is 1.70 bits per heavy atom. The molecule has 2 aromatic carbocycles. The molecule has 1 aliphatic rings. The Balaban J connectivity index is 1.58. The molecule has 0 unspecified atom stereocenters. The molecule has 1 fully saturated rings. The number of aryl methyl sites for hydroxylation is 2. The minimum Gasteiger partial charge on any atom is -0.349 e. The van der Waals surface area contributed by atoms with Crippen LogP contribution in [0, 0.1) is 13.8 Å². The SMILES string of the molecule is Cc1ccc(C(=O)NC2CCN(C(=O)c3cc(Cl)ccc3Cl)CC2)cc1C. The molecule has 1 heterocycles. The number of halogens is 2. The second kappa shape index (κ2) is 8.32. The number of nitrogens with zero attached hydrogens (tertiary/aromatic N) is 1. The van der Waals surface area contributed by atoms with E-state index in [2.05, 4.69) is 5.32 Å². The quantitative estimate of drug-likeness (QED) is 0.809. The van der Waals surface area contributed by atoms with Crippen molar-refractivity contribution in [2.24, 2.45) is 0 Å². The molecule has 2 aromatic rings. The highest BCUT2D eigenvalue weighted by molar-refractivity contribution is 6.35. The molecule has 1 N–H and O–H groups in total. The van der Waals surface area contributed by atoms with E-state index < -0.39 is 0 Å². The van der Waals surface area contributed by atoms with E-state index in [-0.39, 0.29) is 17.9 Å². The Hall–Kier alpha value is -2.04. The lowest BCUT2D eigenvalue weighted by Gasteiger charge is -2.32. The normalized spacial score (nSPS) is 14.9. The fourth-order valence-electron chi connectivity index (χ4n) is 3.21. The Bertz CT molecular complexity index is 874. The molecule has 0 radical (unpaired) electrons. The van der Waals surface area contributed by atoms with Crippen molar-refractivity contribution in [3.05, 3.63) is 68.7 Å². The Morgan fingerprint density at radius 1 is 1.00 bits per heavy atom. The molecule has 3 rings (SSSR count). The van der Waals surface area contributed by atoms with Gasteiger partial charge in [0.05, 0.1) is 10.6 Å². The standard InChI is InChI=1S/C21H22Cl2N2O2/c1-13-3-4-15(11-14(13)2)20(26)24-17-7-9-25(10-8-17)21(27)18-12-16(22)5-6-19(18)23/h3-6,11-12,17H,7-10H2,1-2H3,(H,24,26). The largest absolute Gasteiger partial charge is 0.349 e. The van der Waals surface area contributed by atoms with E-state index in [0.29, 0.717) is 47.1 Å². The van der Waals surface area contributed by atoms with Gasteiger partial charge in [-0.05, 0) is 68.1 Å². The molecule has 4 nitrogen and oxygen atoms in total. The first-order chi connectivity index (χ1) is 12.8. The van der Waals surface area contributed by atoms with Crippen LogP contribution in [0.1, 0.15) is 44.7 Å². The second-order valence-corrected chi connectivity index (χ2v) is 7.81. The lowest BCUT2D eigenvalue weighted by Crippen LogP contribution is -2.46. The van der Waals surface area contributed by atoms with Gasteiger partial charge in [0, 0.05) is 29.7 Å². The van der Waals surface area contributed by atoms with Crippen LogP contribution in [-0.4, -0.2) is 35.8 Å². The molecule has 0 saturated carbocycles. The van der Waals surface area contributed by atoms with Gasteiger partial charge in [-0.2, -0.15) is 0 Å². The number of carbonyl (C=O) groups excluding carboxylic acids is 2. The zero-order valence-corrected chi connectivity index (χ0v) is 16.9. The van der Waals surface area contributed by atoms with Crippen LogP contribution in [0.5, 0.6) is 0 Å². The monoisotopic (exact) mass is 404 g/mol. The summed E-state index contributed by atoms with van der Waals surface area (Å²) in [6.07, 6.45) is 1.42. The van der Waals surface area contributed by atoms with Gasteiger partial charge in [0.1, 0.15) is 0 Å². The number of piperidine rings is 1. The third kappa shape index (κ3) is 4.63. The number of nitrogens with one attached hydrogen (secondary N) is 1. The van der Waals surface area contributed by atoms with Gasteiger partial charge in [-0.3, -0.25) is 9.59 Å². The summed E-state index contributed by atoms with van der Waals surface area (Å²) in [5.41, 5.74) is 3.35. The van der Waals surface area contributed by atoms with Crippen LogP contribution < -0.4 is 5.32 Å². The molecular weight excluding hydrogens is 383 g/mol. The van der Waals surface area contributed by atoms with Crippen LogP contribution in [0.3, 0.4) is 0 Å². The molecule has 1 saturated heterocycles. The second-order valence-electron chi connectivity index (χ2n) is 6.96. The fourth-order valence-corrected chi connectivity index (χ4v) is 3.58. The molecule has 0 spiro atoms. The lowest BCUT2D eigenvalue weighted by molar-refractivity contribution is 0.0698. The van der Waals surface area contributed by atoms with Crippen LogP contribution in [0.15, 0.2) is 36.4 Å². The smallest absolute Gasteiger partial charge is 0.255 e. The molecule has 27 heavy (non-hydrogen) atoms. The molecule has 0 aliphatic carbocycles. The van der Waals surface area contributed by atoms with E-state index >= 15 is 0 Å². The highest BCUT2D eigenvalue weighted by Gasteiger charge is 2.26. The first-order valence-corrected chi connectivity index (χ1v) is 9.73. The fraction of sp³-hybridized carbons (Fsp3) is 0.333. The van der Waals surface area contributed by atoms with Crippen molar-refractivity contribution in [3.8, 4) is 0 Å². The third-order valence-corrected chi connectivity index (χ3v) is 5.61. The van der Waals surface area contributed by atoms with Crippen molar-refractivity contribution in [3.63, 3.8) is 0 Å². The first-order valence-electron chi connectivity index (χ1n) is 8.97. The van der Waals surface area contributed by atoms with Crippen LogP contribution >= 0.6 is 23.2 Å². The van der Waals surface area contributed by atoms with Crippen LogP contribution in [0.2, 0.25) is 10.0 Å². The summed E-state index contributed by atoms with van der Waals surface area (Å²) in [5, 5.41) is 3.96. The van der Waals surface area contributed by atoms with Gasteiger partial charge in [-0.15, -0.1) is 0 Å². The van der Waals surface area contributed by atoms with Crippen LogP contribution in [-0.2, 0) is 0 Å². The highest BCUT2D eigenvalue weighted by Crippen LogP contribution is 2.24. The number of hydrogen-bond donors (Lipinski definition) is 1. The zero-order chi connectivity index (χ0) is 19.6. The van der Waals surface area contributed by atoms with Crippen molar-refractivity contribution in [2.45, 2.75) is 32.7 Å². The molecule has 1 aliphatic heterocycles. The van der Waals surface area contributed by atoms with E-state index in [1.807, 2.05) is 32.0 Å². The molecule has 2 amide bonds. The van der Waals surface area contributed by atoms with Crippen molar-refractivity contribution < 1.29 is 9.59 Å². The summed E-state index contributed by atoms with van der Waals surface area (Å²) in [4.78, 5) is 26.9. The summed E-state index contributed by atoms with van der Waals surface area (Å²) in [6.45, 7) is 5.16. The van der Waals surface area contributed by atoms with Crippen LogP contribution in [0.25, 0.3) is 0 Å². The lowest BCUT2D eigenvalue weighted by atomic mass is 10.0. The maximum Gasteiger partial charge on any atom is 0.255 e. The minimum absolute atomic E-state index is 0.0537. The summed E-state index contributed by atoms with van der Waals surface area (Å²) in [7, 11) is 0. The van der Waals surface area contributed by atoms with Gasteiger partial charge in [0.15, 0.2) is 0 Å². The summed E-state index contributed by atoms with van der Waals surface area (Å²) >= 11 is 12.1. The number of amides is 2. The molecular formula is C21H22Cl2N2O2. The Morgan fingerprint density at radius 3 is 2.37 bits per heavy atom. The van der Waals surface area contributed by atoms with Crippen molar-refractivity contribution in [2.75, 3.05) is 13.1 Å². The number of likely N-dealkylation sites (tertiary alicyclic amines) is 1. The molecule has 0 bridgehead atoms. The average Bonchev–Trinajstić information content (AvgIpc) is 2.66. The molecule has 6 heteroatoms. The van der Waals surface area contributed by atoms with E-state index in [4.69, 9.17) is 23.2 Å². The minimum atomic E-state index is -0.124. The van der Waals surface area contributed by atoms with Crippen LogP contribution in [0.4, 0.5) is 0 Å². The van der Waals surface area contributed by atoms with Gasteiger partial charge in [0.2, 0.25) is 0 Å². The van der Waals surface area contributed by atoms with Gasteiger partial charge < -0.3 is 10.2 Å². The zero-order valence-electron chi connectivity index (χ0n) is 15.4. The van der Waals surface area contributed by atoms with E-state index in [9.17, 15) is 9.59 Å². The van der Waals surface area contributed by atoms with Crippen molar-refractivity contribution in [1.29, 1.82) is 0 Å². The van der Waals surface area contributed by atoms with E-state index in [1.165, 1.54) is 0 Å². The predicted molar refractivity (Wildman–Crippen MR) is 109 cm³/mol. The third-order valence-electron chi connectivity index (χ3n) is 5.05. The molecule has 0 aromatic heterocycles. The van der Waals surface area contributed by atoms with Crippen molar-refractivity contribution >= 4 is 35.0 Å². The topological polar surface area (TPSA) is 49.4 Å². The van der Waals surface area contributed by atoms with Gasteiger partial charge >= 0.3 is 0 Å². The molecule has 0 atom stereocenters. The Kier molecular flexibility index (Phi) is 6.08. The van der Waals surface area contributed by atoms with E-state index in [1.54, 1.807) is 23.1 Å². The number of rotatable bonds is 3. The highest BCUT2D eigenvalue weighted by atomic mass is 35.5. The summed E-state index contributed by atoms with van der Waals surface area (Å²) in [5.74, 6) is -0.192. The maximum atomic E-state index is 12.7. The van der Waals surface area contributed by atoms with E-state index in [0.717, 1.165) is 11.1 Å². The number of carbonyl (C=O) groups is 2. The van der Waals surface area contributed by atoms with Gasteiger partial charge in [-0.25, -0.2) is 0 Å². The summed E-state index contributed by atoms with van der Waals surface area (Å²) in [6, 6.07) is 10.7. The number of hydrogen-bond acceptors (Lipinski definition) is 2.